The third-order valence-corrected chi connectivity index (χ3v) is 6.52. The van der Waals surface area contributed by atoms with Gasteiger partial charge in [0.15, 0.2) is 6.61 Å². The Balaban J connectivity index is 1.16. The van der Waals surface area contributed by atoms with Crippen LogP contribution < -0.4 is 9.46 Å². The number of esters is 1. The number of methoxy groups -OCH3 is 1. The molecule has 0 saturated heterocycles. The molecule has 1 aromatic heterocycles. The second kappa shape index (κ2) is 10.5. The van der Waals surface area contributed by atoms with E-state index in [0.717, 1.165) is 12.0 Å². The van der Waals surface area contributed by atoms with Crippen molar-refractivity contribution in [1.82, 2.24) is 14.9 Å². The van der Waals surface area contributed by atoms with E-state index in [0.29, 0.717) is 42.4 Å². The number of unbranched alkanes of at least 4 members (excludes halogenated alkanes) is 2. The number of carbonyl (C=O) groups is 1. The minimum atomic E-state index is -3.53. The van der Waals surface area contributed by atoms with Crippen LogP contribution in [-0.4, -0.2) is 44.0 Å². The molecule has 178 valence electrons. The second-order valence-electron chi connectivity index (χ2n) is 7.55. The number of rotatable bonds is 10. The van der Waals surface area contributed by atoms with Crippen LogP contribution in [0.15, 0.2) is 62.9 Å². The lowest BCUT2D eigenvalue weighted by Crippen LogP contribution is -2.22. The molecule has 4 rings (SSSR count). The highest BCUT2D eigenvalue weighted by molar-refractivity contribution is 7.90. The van der Waals surface area contributed by atoms with Crippen molar-refractivity contribution < 1.29 is 27.2 Å². The summed E-state index contributed by atoms with van der Waals surface area (Å²) in [6.45, 7) is 0.360. The van der Waals surface area contributed by atoms with Crippen molar-refractivity contribution in [2.75, 3.05) is 13.7 Å². The minimum Gasteiger partial charge on any atom is -0.497 e. The highest BCUT2D eigenvalue weighted by atomic mass is 32.2. The Hall–Kier alpha value is -3.73. The first-order chi connectivity index (χ1) is 16.5. The van der Waals surface area contributed by atoms with E-state index in [-0.39, 0.29) is 29.8 Å². The molecule has 0 fully saturated rings. The van der Waals surface area contributed by atoms with Gasteiger partial charge in [0.05, 0.1) is 12.0 Å². The molecule has 0 saturated carbocycles. The number of hydrogen-bond donors (Lipinski definition) is 1. The van der Waals surface area contributed by atoms with E-state index in [1.54, 1.807) is 37.4 Å². The molecule has 2 heterocycles. The van der Waals surface area contributed by atoms with Gasteiger partial charge in [-0.1, -0.05) is 35.8 Å². The summed E-state index contributed by atoms with van der Waals surface area (Å²) in [4.78, 5) is 20.8. The van der Waals surface area contributed by atoms with E-state index in [1.807, 2.05) is 18.2 Å². The summed E-state index contributed by atoms with van der Waals surface area (Å²) in [6.07, 6.45) is 2.35. The summed E-state index contributed by atoms with van der Waals surface area (Å²) < 4.78 is 42.2. The Labute approximate surface area is 197 Å². The van der Waals surface area contributed by atoms with Crippen LogP contribution in [0.25, 0.3) is 11.4 Å². The van der Waals surface area contributed by atoms with E-state index < -0.39 is 10.0 Å². The second-order valence-corrected chi connectivity index (χ2v) is 9.20. The number of aliphatic imine (C=N–C) groups is 1. The Morgan fingerprint density at radius 2 is 1.97 bits per heavy atom. The maximum Gasteiger partial charge on any atom is 0.306 e. The summed E-state index contributed by atoms with van der Waals surface area (Å²) in [5.74, 6) is 1.28. The quantitative estimate of drug-likeness (QED) is 0.343. The van der Waals surface area contributed by atoms with Crippen LogP contribution in [0.2, 0.25) is 0 Å². The fourth-order valence-corrected chi connectivity index (χ4v) is 4.66. The lowest BCUT2D eigenvalue weighted by molar-refractivity contribution is -0.145. The fraction of sp³-hybridized carbons (Fsp3) is 0.304. The SMILES string of the molecule is COc1cccc(-c2noc(COC(=O)CCCCCN=C3NS(=O)(=O)c4ccccc43)n2)c1. The van der Waals surface area contributed by atoms with Gasteiger partial charge in [-0.25, -0.2) is 8.42 Å². The van der Waals surface area contributed by atoms with Crippen molar-refractivity contribution in [3.63, 3.8) is 0 Å². The molecule has 1 aliphatic rings. The number of amidine groups is 1. The van der Waals surface area contributed by atoms with Crippen molar-refractivity contribution in [3.05, 3.63) is 60.0 Å². The van der Waals surface area contributed by atoms with Gasteiger partial charge in [0.2, 0.25) is 5.82 Å². The van der Waals surface area contributed by atoms with Crippen LogP contribution in [0.4, 0.5) is 0 Å². The van der Waals surface area contributed by atoms with Crippen molar-refractivity contribution in [2.24, 2.45) is 4.99 Å². The molecule has 0 radical (unpaired) electrons. The summed E-state index contributed by atoms with van der Waals surface area (Å²) in [7, 11) is -1.95. The zero-order chi connectivity index (χ0) is 24.0. The molecule has 0 spiro atoms. The van der Waals surface area contributed by atoms with Gasteiger partial charge in [-0.15, -0.1) is 0 Å². The number of fused-ring (bicyclic) bond motifs is 1. The largest absolute Gasteiger partial charge is 0.497 e. The van der Waals surface area contributed by atoms with Crippen molar-refractivity contribution >= 4 is 21.8 Å². The maximum absolute atomic E-state index is 12.1. The first kappa shape index (κ1) is 23.4. The number of benzene rings is 2. The molecule has 1 aliphatic heterocycles. The molecule has 34 heavy (non-hydrogen) atoms. The third kappa shape index (κ3) is 5.60. The zero-order valence-electron chi connectivity index (χ0n) is 18.6. The molecule has 10 nitrogen and oxygen atoms in total. The Morgan fingerprint density at radius 1 is 1.12 bits per heavy atom. The van der Waals surface area contributed by atoms with Gasteiger partial charge >= 0.3 is 5.97 Å². The molecule has 3 aromatic rings. The minimum absolute atomic E-state index is 0.0942. The molecule has 11 heteroatoms. The van der Waals surface area contributed by atoms with Crippen LogP contribution in [0, 0.1) is 0 Å². The average molecular weight is 485 g/mol. The van der Waals surface area contributed by atoms with Gasteiger partial charge in [-0.05, 0) is 37.1 Å². The number of nitrogens with zero attached hydrogens (tertiary/aromatic N) is 3. The molecule has 0 aliphatic carbocycles. The summed E-state index contributed by atoms with van der Waals surface area (Å²) >= 11 is 0. The Kier molecular flexibility index (Phi) is 7.21. The molecule has 0 bridgehead atoms. The van der Waals surface area contributed by atoms with E-state index in [1.165, 1.54) is 0 Å². The smallest absolute Gasteiger partial charge is 0.306 e. The topological polar surface area (TPSA) is 133 Å². The van der Waals surface area contributed by atoms with Crippen molar-refractivity contribution in [2.45, 2.75) is 37.2 Å². The van der Waals surface area contributed by atoms with Crippen LogP contribution in [0.1, 0.15) is 37.1 Å². The number of hydrogen-bond acceptors (Lipinski definition) is 9. The highest BCUT2D eigenvalue weighted by Crippen LogP contribution is 2.23. The number of sulfonamides is 1. The lowest BCUT2D eigenvalue weighted by atomic mass is 10.2. The van der Waals surface area contributed by atoms with E-state index in [9.17, 15) is 13.2 Å². The van der Waals surface area contributed by atoms with Crippen molar-refractivity contribution in [3.8, 4) is 17.1 Å². The zero-order valence-corrected chi connectivity index (χ0v) is 19.4. The standard InChI is InChI=1S/C23H24N4O6S/c1-31-17-9-7-8-16(14-17)22-25-20(33-26-22)15-32-21(28)12-3-2-6-13-24-23-18-10-4-5-11-19(18)34(29,30)27-23/h4-5,7-11,14H,2-3,6,12-13,15H2,1H3,(H,24,27). The molecule has 1 N–H and O–H groups in total. The average Bonchev–Trinajstić information content (AvgIpc) is 3.42. The number of ether oxygens (including phenoxy) is 2. The Morgan fingerprint density at radius 3 is 2.82 bits per heavy atom. The van der Waals surface area contributed by atoms with Crippen molar-refractivity contribution in [1.29, 1.82) is 0 Å². The summed E-state index contributed by atoms with van der Waals surface area (Å²) in [5, 5.41) is 3.90. The molecule has 0 atom stereocenters. The number of aromatic nitrogens is 2. The first-order valence-electron chi connectivity index (χ1n) is 10.8. The first-order valence-corrected chi connectivity index (χ1v) is 12.2. The third-order valence-electron chi connectivity index (χ3n) is 5.12. The fourth-order valence-electron chi connectivity index (χ4n) is 3.41. The van der Waals surface area contributed by atoms with E-state index in [4.69, 9.17) is 14.0 Å². The molecular formula is C23H24N4O6S. The predicted molar refractivity (Wildman–Crippen MR) is 123 cm³/mol. The van der Waals surface area contributed by atoms with Crippen LogP contribution in [-0.2, 0) is 26.2 Å². The highest BCUT2D eigenvalue weighted by Gasteiger charge is 2.29. The van der Waals surface area contributed by atoms with Gasteiger partial charge in [0, 0.05) is 24.1 Å². The summed E-state index contributed by atoms with van der Waals surface area (Å²) in [6, 6.07) is 14.0. The predicted octanol–water partition coefficient (Wildman–Crippen LogP) is 3.09. The molecular weight excluding hydrogens is 460 g/mol. The van der Waals surface area contributed by atoms with Gasteiger partial charge in [0.25, 0.3) is 15.9 Å². The normalized spacial score (nSPS) is 15.0. The van der Waals surface area contributed by atoms with Crippen LogP contribution in [0.5, 0.6) is 5.75 Å². The monoisotopic (exact) mass is 484 g/mol. The van der Waals surface area contributed by atoms with Gasteiger partial charge in [-0.3, -0.25) is 14.5 Å². The lowest BCUT2D eigenvalue weighted by Gasteiger charge is -2.02. The molecule has 0 unspecified atom stereocenters. The van der Waals surface area contributed by atoms with Crippen LogP contribution >= 0.6 is 0 Å². The van der Waals surface area contributed by atoms with E-state index in [2.05, 4.69) is 19.9 Å². The molecule has 2 aromatic carbocycles. The summed E-state index contributed by atoms with van der Waals surface area (Å²) in [5.41, 5.74) is 1.32. The van der Waals surface area contributed by atoms with Gasteiger partial charge in [0.1, 0.15) is 11.6 Å². The molecule has 0 amide bonds. The maximum atomic E-state index is 12.1. The number of carbonyl (C=O) groups excluding carboxylic acids is 1. The van der Waals surface area contributed by atoms with Gasteiger partial charge in [-0.2, -0.15) is 4.98 Å². The Bertz CT molecular complexity index is 1300. The number of nitrogens with one attached hydrogen (secondary N) is 1. The van der Waals surface area contributed by atoms with Gasteiger partial charge < -0.3 is 14.0 Å². The van der Waals surface area contributed by atoms with E-state index >= 15 is 0 Å². The van der Waals surface area contributed by atoms with Crippen LogP contribution in [0.3, 0.4) is 0 Å².